The molecule has 0 aliphatic heterocycles. The fraction of sp³-hybridized carbons (Fsp3) is 0.667. The summed E-state index contributed by atoms with van der Waals surface area (Å²) in [6.45, 7) is 14.2. The first-order valence-corrected chi connectivity index (χ1v) is 14.5. The van der Waals surface area contributed by atoms with Gasteiger partial charge in [0, 0.05) is 14.2 Å². The van der Waals surface area contributed by atoms with E-state index in [4.69, 9.17) is 18.2 Å². The van der Waals surface area contributed by atoms with Crippen molar-refractivity contribution in [2.24, 2.45) is 0 Å². The lowest BCUT2D eigenvalue weighted by atomic mass is 10.00. The van der Waals surface area contributed by atoms with Crippen molar-refractivity contribution in [3.63, 3.8) is 0 Å². The van der Waals surface area contributed by atoms with E-state index in [-0.39, 0.29) is 11.6 Å². The lowest BCUT2D eigenvalue weighted by Crippen LogP contribution is -2.47. The summed E-state index contributed by atoms with van der Waals surface area (Å²) in [5.41, 5.74) is 0.405. The highest BCUT2D eigenvalue weighted by molar-refractivity contribution is 7.55. The van der Waals surface area contributed by atoms with E-state index >= 15 is 0 Å². The van der Waals surface area contributed by atoms with E-state index in [0.29, 0.717) is 12.0 Å². The Hall–Kier alpha value is -0.823. The van der Waals surface area contributed by atoms with E-state index in [9.17, 15) is 9.36 Å². The predicted molar refractivity (Wildman–Crippen MR) is 119 cm³/mol. The molecule has 6 nitrogen and oxygen atoms in total. The molecule has 0 N–H and O–H groups in total. The van der Waals surface area contributed by atoms with Crippen LogP contribution in [0, 0.1) is 0 Å². The molecule has 0 saturated heterocycles. The summed E-state index contributed by atoms with van der Waals surface area (Å²) in [6.07, 6.45) is -0.481. The minimum absolute atomic E-state index is 0.119. The van der Waals surface area contributed by atoms with Gasteiger partial charge in [-0.3, -0.25) is 9.36 Å². The highest BCUT2D eigenvalue weighted by Gasteiger charge is 2.48. The molecule has 3 atom stereocenters. The third kappa shape index (κ3) is 6.09. The predicted octanol–water partition coefficient (Wildman–Crippen LogP) is 5.73. The van der Waals surface area contributed by atoms with E-state index in [1.807, 2.05) is 38.2 Å². The van der Waals surface area contributed by atoms with Crippen LogP contribution >= 0.6 is 7.60 Å². The molecule has 0 amide bonds. The van der Waals surface area contributed by atoms with Gasteiger partial charge in [-0.2, -0.15) is 0 Å². The number of aryl methyl sites for hydroxylation is 1. The quantitative estimate of drug-likeness (QED) is 0.247. The fourth-order valence-electron chi connectivity index (χ4n) is 2.81. The van der Waals surface area contributed by atoms with Crippen LogP contribution in [0.25, 0.3) is 0 Å². The van der Waals surface area contributed by atoms with Gasteiger partial charge in [0.2, 0.25) is 12.1 Å². The van der Waals surface area contributed by atoms with E-state index in [1.54, 1.807) is 13.0 Å². The zero-order valence-electron chi connectivity index (χ0n) is 19.3. The summed E-state index contributed by atoms with van der Waals surface area (Å²) in [5.74, 6) is -0.447. The molecule has 1 rings (SSSR count). The Labute approximate surface area is 176 Å². The Morgan fingerprint density at radius 1 is 1.14 bits per heavy atom. The van der Waals surface area contributed by atoms with E-state index < -0.39 is 33.6 Å². The molecule has 0 radical (unpaired) electrons. The summed E-state index contributed by atoms with van der Waals surface area (Å²) in [4.78, 5) is 13.7. The number of hydrogen-bond donors (Lipinski definition) is 0. The first-order valence-electron chi connectivity index (χ1n) is 10.0. The van der Waals surface area contributed by atoms with Crippen molar-refractivity contribution in [3.8, 4) is 0 Å². The number of carbonyl (C=O) groups excluding carboxylic acids is 1. The highest BCUT2D eigenvalue weighted by Crippen LogP contribution is 2.61. The molecule has 0 fully saturated rings. The van der Waals surface area contributed by atoms with E-state index in [0.717, 1.165) is 5.56 Å². The third-order valence-electron chi connectivity index (χ3n) is 5.53. The van der Waals surface area contributed by atoms with Crippen LogP contribution in [0.2, 0.25) is 18.1 Å². The van der Waals surface area contributed by atoms with Gasteiger partial charge in [-0.1, -0.05) is 52.0 Å². The summed E-state index contributed by atoms with van der Waals surface area (Å²) in [5, 5.41) is -0.119. The molecule has 0 saturated carbocycles. The second kappa shape index (κ2) is 10.5. The molecule has 3 unspecified atom stereocenters. The molecule has 166 valence electrons. The average Bonchev–Trinajstić information content (AvgIpc) is 2.65. The largest absolute Gasteiger partial charge is 0.387 e. The lowest BCUT2D eigenvalue weighted by Gasteiger charge is -2.39. The molecule has 1 aromatic carbocycles. The molecule has 0 aromatic heterocycles. The van der Waals surface area contributed by atoms with Gasteiger partial charge in [-0.15, -0.1) is 0 Å². The summed E-state index contributed by atoms with van der Waals surface area (Å²) in [6, 6.07) is 7.42. The number of ketones is 1. The second-order valence-corrected chi connectivity index (χ2v) is 15.4. The van der Waals surface area contributed by atoms with Crippen molar-refractivity contribution in [2.45, 2.75) is 71.1 Å². The number of rotatable bonds is 11. The average molecular weight is 445 g/mol. The minimum Gasteiger partial charge on any atom is -0.387 e. The molecule has 0 aliphatic rings. The zero-order valence-corrected chi connectivity index (χ0v) is 21.2. The third-order valence-corrected chi connectivity index (χ3v) is 12.2. The Morgan fingerprint density at radius 2 is 1.72 bits per heavy atom. The first-order chi connectivity index (χ1) is 13.4. The van der Waals surface area contributed by atoms with Crippen LogP contribution in [-0.2, 0) is 34.0 Å². The zero-order chi connectivity index (χ0) is 22.5. The molecule has 8 heteroatoms. The van der Waals surface area contributed by atoms with Gasteiger partial charge < -0.3 is 18.2 Å². The minimum atomic E-state index is -3.80. The van der Waals surface area contributed by atoms with Gasteiger partial charge in [0.1, 0.15) is 0 Å². The molecule has 0 aliphatic carbocycles. The number of Topliss-reactive ketones (excluding diaryl/α,β-unsaturated/α-hetero) is 1. The molecule has 0 heterocycles. The number of ether oxygens (including phenoxy) is 1. The van der Waals surface area contributed by atoms with Crippen molar-refractivity contribution in [2.75, 3.05) is 20.8 Å². The van der Waals surface area contributed by atoms with Crippen molar-refractivity contribution < 1.29 is 27.6 Å². The van der Waals surface area contributed by atoms with Crippen LogP contribution in [-0.4, -0.2) is 41.2 Å². The smallest absolute Gasteiger partial charge is 0.345 e. The molecule has 0 spiro atoms. The van der Waals surface area contributed by atoms with Crippen LogP contribution in [0.1, 0.15) is 51.4 Å². The topological polar surface area (TPSA) is 71.1 Å². The maximum absolute atomic E-state index is 13.7. The maximum atomic E-state index is 13.7. The number of carbonyl (C=O) groups is 1. The first kappa shape index (κ1) is 26.2. The second-order valence-electron chi connectivity index (χ2n) is 8.44. The highest BCUT2D eigenvalue weighted by atomic mass is 31.2. The molecular weight excluding hydrogens is 407 g/mol. The van der Waals surface area contributed by atoms with Gasteiger partial charge in [0.15, 0.2) is 14.0 Å². The normalized spacial score (nSPS) is 16.9. The number of methoxy groups -OCH3 is 1. The van der Waals surface area contributed by atoms with Gasteiger partial charge in [0.05, 0.1) is 6.61 Å². The summed E-state index contributed by atoms with van der Waals surface area (Å²) in [7, 11) is -3.39. The summed E-state index contributed by atoms with van der Waals surface area (Å²) < 4.78 is 36.2. The van der Waals surface area contributed by atoms with Crippen LogP contribution in [0.4, 0.5) is 0 Å². The van der Waals surface area contributed by atoms with Gasteiger partial charge >= 0.3 is 7.60 Å². The Kier molecular flexibility index (Phi) is 9.46. The number of benzene rings is 1. The Balaban J connectivity index is 3.52. The lowest BCUT2D eigenvalue weighted by molar-refractivity contribution is -0.147. The Bertz CT molecular complexity index is 728. The standard InChI is InChI=1S/C21H37O6PSi/c1-10-16-14-12-13-15-17(16)19(28(23,25-7)26-11-2)18(22)20(24-6)27-29(8,9)21(3,4)5/h12-15,19-20H,10-11H2,1-9H3. The van der Waals surface area contributed by atoms with E-state index in [1.165, 1.54) is 14.2 Å². The van der Waals surface area contributed by atoms with Crippen molar-refractivity contribution in [1.82, 2.24) is 0 Å². The van der Waals surface area contributed by atoms with Gasteiger partial charge in [0.25, 0.3) is 0 Å². The SMILES string of the molecule is CCOP(=O)(OC)C(C(=O)C(OC)O[Si](C)(C)C(C)(C)C)c1ccccc1CC. The van der Waals surface area contributed by atoms with Crippen molar-refractivity contribution in [1.29, 1.82) is 0 Å². The van der Waals surface area contributed by atoms with Gasteiger partial charge in [-0.25, -0.2) is 0 Å². The van der Waals surface area contributed by atoms with Crippen LogP contribution in [0.5, 0.6) is 0 Å². The molecule has 29 heavy (non-hydrogen) atoms. The molecule has 0 bridgehead atoms. The molecular formula is C21H37O6PSi. The van der Waals surface area contributed by atoms with Crippen molar-refractivity contribution >= 4 is 21.7 Å². The van der Waals surface area contributed by atoms with Crippen molar-refractivity contribution in [3.05, 3.63) is 35.4 Å². The Morgan fingerprint density at radius 3 is 2.17 bits per heavy atom. The maximum Gasteiger partial charge on any atom is 0.345 e. The van der Waals surface area contributed by atoms with Gasteiger partial charge in [-0.05, 0) is 42.6 Å². The van der Waals surface area contributed by atoms with Crippen LogP contribution in [0.3, 0.4) is 0 Å². The van der Waals surface area contributed by atoms with E-state index in [2.05, 4.69) is 20.8 Å². The molecule has 1 aromatic rings. The van der Waals surface area contributed by atoms with Crippen LogP contribution in [0.15, 0.2) is 24.3 Å². The summed E-state index contributed by atoms with van der Waals surface area (Å²) >= 11 is 0. The van der Waals surface area contributed by atoms with Crippen LogP contribution < -0.4 is 0 Å². The monoisotopic (exact) mass is 444 g/mol. The number of hydrogen-bond acceptors (Lipinski definition) is 6. The fourth-order valence-corrected chi connectivity index (χ4v) is 5.76.